The fraction of sp³-hybridized carbons (Fsp3) is 0.500. The van der Waals surface area contributed by atoms with E-state index in [4.69, 9.17) is 0 Å². The summed E-state index contributed by atoms with van der Waals surface area (Å²) >= 11 is 1.84. The minimum absolute atomic E-state index is 0.00770. The Morgan fingerprint density at radius 2 is 1.95 bits per heavy atom. The van der Waals surface area contributed by atoms with E-state index in [1.165, 1.54) is 0 Å². The van der Waals surface area contributed by atoms with Crippen molar-refractivity contribution >= 4 is 23.6 Å². The number of benzene rings is 1. The molecule has 1 unspecified atom stereocenters. The van der Waals surface area contributed by atoms with E-state index in [9.17, 15) is 9.59 Å². The molecule has 21 heavy (non-hydrogen) atoms. The number of carbonyl (C=O) groups excluding carboxylic acids is 2. The summed E-state index contributed by atoms with van der Waals surface area (Å²) in [6.45, 7) is 0.771. The first-order valence-electron chi connectivity index (χ1n) is 7.35. The van der Waals surface area contributed by atoms with Gasteiger partial charge in [-0.2, -0.15) is 11.8 Å². The second-order valence-corrected chi connectivity index (χ2v) is 6.16. The summed E-state index contributed by atoms with van der Waals surface area (Å²) in [5.74, 6) is 1.08. The third-order valence-corrected chi connectivity index (χ3v) is 4.35. The van der Waals surface area contributed by atoms with Crippen LogP contribution in [-0.4, -0.2) is 41.8 Å². The Hall–Kier alpha value is -1.49. The highest BCUT2D eigenvalue weighted by atomic mass is 32.2. The summed E-state index contributed by atoms with van der Waals surface area (Å²) in [6, 6.07) is 9.05. The van der Waals surface area contributed by atoms with Gasteiger partial charge in [-0.25, -0.2) is 0 Å². The van der Waals surface area contributed by atoms with Crippen LogP contribution in [0.4, 0.5) is 0 Å². The van der Waals surface area contributed by atoms with Crippen molar-refractivity contribution < 1.29 is 9.59 Å². The summed E-state index contributed by atoms with van der Waals surface area (Å²) in [6.07, 6.45) is 5.30. The zero-order chi connectivity index (χ0) is 15.1. The molecule has 1 fully saturated rings. The van der Waals surface area contributed by atoms with Gasteiger partial charge in [0.15, 0.2) is 0 Å². The average molecular weight is 306 g/mol. The quantitative estimate of drug-likeness (QED) is 0.786. The molecule has 5 heteroatoms. The van der Waals surface area contributed by atoms with Crippen LogP contribution in [0.15, 0.2) is 30.3 Å². The van der Waals surface area contributed by atoms with E-state index in [1.807, 2.05) is 42.1 Å². The van der Waals surface area contributed by atoms with Gasteiger partial charge < -0.3 is 10.2 Å². The van der Waals surface area contributed by atoms with E-state index in [2.05, 4.69) is 11.6 Å². The van der Waals surface area contributed by atoms with Crippen molar-refractivity contribution in [1.29, 1.82) is 0 Å². The molecule has 2 amide bonds. The maximum atomic E-state index is 12.2. The van der Waals surface area contributed by atoms with Crippen LogP contribution in [0.3, 0.4) is 0 Å². The van der Waals surface area contributed by atoms with Crippen molar-refractivity contribution in [2.24, 2.45) is 0 Å². The molecule has 0 aromatic heterocycles. The molecular weight excluding hydrogens is 284 g/mol. The smallest absolute Gasteiger partial charge is 0.247 e. The Kier molecular flexibility index (Phi) is 6.11. The number of hydrogen-bond acceptors (Lipinski definition) is 3. The fourth-order valence-corrected chi connectivity index (χ4v) is 3.07. The zero-order valence-electron chi connectivity index (χ0n) is 12.4. The van der Waals surface area contributed by atoms with Gasteiger partial charge in [0.2, 0.25) is 11.8 Å². The van der Waals surface area contributed by atoms with Gasteiger partial charge in [0.1, 0.15) is 6.04 Å². The predicted octanol–water partition coefficient (Wildman–Crippen LogP) is 2.22. The number of amides is 2. The Morgan fingerprint density at radius 3 is 2.67 bits per heavy atom. The lowest BCUT2D eigenvalue weighted by atomic mass is 10.0. The van der Waals surface area contributed by atoms with Crippen LogP contribution in [0.5, 0.6) is 0 Å². The van der Waals surface area contributed by atoms with Crippen LogP contribution in [0.1, 0.15) is 30.9 Å². The average Bonchev–Trinajstić information content (AvgIpc) is 2.51. The monoisotopic (exact) mass is 306 g/mol. The molecule has 0 aliphatic carbocycles. The maximum absolute atomic E-state index is 12.2. The summed E-state index contributed by atoms with van der Waals surface area (Å²) in [5.41, 5.74) is 0.882. The van der Waals surface area contributed by atoms with Crippen LogP contribution in [0, 0.1) is 0 Å². The number of piperazine rings is 1. The van der Waals surface area contributed by atoms with Gasteiger partial charge in [-0.05, 0) is 30.4 Å². The third-order valence-electron chi connectivity index (χ3n) is 3.66. The topological polar surface area (TPSA) is 49.4 Å². The first-order chi connectivity index (χ1) is 10.2. The maximum Gasteiger partial charge on any atom is 0.247 e. The molecule has 0 spiro atoms. The highest BCUT2D eigenvalue weighted by Gasteiger charge is 2.34. The molecule has 0 radical (unpaired) electrons. The van der Waals surface area contributed by atoms with Crippen molar-refractivity contribution in [3.05, 3.63) is 35.9 Å². The first-order valence-corrected chi connectivity index (χ1v) is 8.74. The molecule has 1 atom stereocenters. The Bertz CT molecular complexity index is 478. The normalized spacial score (nSPS) is 18.7. The van der Waals surface area contributed by atoms with Crippen LogP contribution in [0.25, 0.3) is 0 Å². The van der Waals surface area contributed by atoms with Gasteiger partial charge in [0.05, 0.1) is 6.54 Å². The molecule has 2 rings (SSSR count). The first kappa shape index (κ1) is 15.9. The van der Waals surface area contributed by atoms with E-state index in [0.717, 1.165) is 30.6 Å². The van der Waals surface area contributed by atoms with Crippen molar-refractivity contribution in [1.82, 2.24) is 10.2 Å². The van der Waals surface area contributed by atoms with E-state index < -0.39 is 6.04 Å². The molecule has 114 valence electrons. The lowest BCUT2D eigenvalue weighted by Crippen LogP contribution is -2.53. The van der Waals surface area contributed by atoms with Crippen molar-refractivity contribution in [2.75, 3.05) is 25.1 Å². The molecule has 4 nitrogen and oxygen atoms in total. The summed E-state index contributed by atoms with van der Waals surface area (Å²) in [7, 11) is 0. The summed E-state index contributed by atoms with van der Waals surface area (Å²) in [5, 5.41) is 2.69. The van der Waals surface area contributed by atoms with Crippen LogP contribution in [0.2, 0.25) is 0 Å². The van der Waals surface area contributed by atoms with E-state index in [1.54, 1.807) is 4.90 Å². The third kappa shape index (κ3) is 4.24. The molecular formula is C16H22N2O2S. The highest BCUT2D eigenvalue weighted by molar-refractivity contribution is 7.98. The number of rotatable bonds is 7. The van der Waals surface area contributed by atoms with E-state index in [0.29, 0.717) is 6.54 Å². The van der Waals surface area contributed by atoms with Crippen molar-refractivity contribution in [3.63, 3.8) is 0 Å². The van der Waals surface area contributed by atoms with Crippen LogP contribution < -0.4 is 5.32 Å². The number of hydrogen-bond donors (Lipinski definition) is 1. The molecule has 1 aliphatic heterocycles. The van der Waals surface area contributed by atoms with Crippen LogP contribution >= 0.6 is 11.8 Å². The second-order valence-electron chi connectivity index (χ2n) is 5.17. The minimum atomic E-state index is -0.479. The van der Waals surface area contributed by atoms with Gasteiger partial charge in [-0.3, -0.25) is 9.59 Å². The van der Waals surface area contributed by atoms with Gasteiger partial charge in [0.25, 0.3) is 0 Å². The minimum Gasteiger partial charge on any atom is -0.345 e. The van der Waals surface area contributed by atoms with Gasteiger partial charge in [-0.1, -0.05) is 36.8 Å². The van der Waals surface area contributed by atoms with E-state index in [-0.39, 0.29) is 18.4 Å². The number of nitrogens with one attached hydrogen (secondary N) is 1. The Labute approximate surface area is 130 Å². The molecule has 0 saturated carbocycles. The number of unbranched alkanes of at least 4 members (excludes halogenated alkanes) is 2. The molecule has 1 aromatic carbocycles. The molecule has 1 aromatic rings. The van der Waals surface area contributed by atoms with Gasteiger partial charge >= 0.3 is 0 Å². The number of carbonyl (C=O) groups is 2. The molecule has 1 heterocycles. The fourth-order valence-electron chi connectivity index (χ4n) is 2.57. The lowest BCUT2D eigenvalue weighted by molar-refractivity contribution is -0.146. The van der Waals surface area contributed by atoms with Crippen molar-refractivity contribution in [3.8, 4) is 0 Å². The predicted molar refractivity (Wildman–Crippen MR) is 86.1 cm³/mol. The number of nitrogens with zero attached hydrogens (tertiary/aromatic N) is 1. The van der Waals surface area contributed by atoms with Crippen LogP contribution in [-0.2, 0) is 9.59 Å². The molecule has 1 aliphatic rings. The Morgan fingerprint density at radius 1 is 1.19 bits per heavy atom. The highest BCUT2D eigenvalue weighted by Crippen LogP contribution is 2.24. The largest absolute Gasteiger partial charge is 0.345 e. The molecule has 1 N–H and O–H groups in total. The Balaban J connectivity index is 2.03. The van der Waals surface area contributed by atoms with Gasteiger partial charge in [-0.15, -0.1) is 0 Å². The summed E-state index contributed by atoms with van der Waals surface area (Å²) < 4.78 is 0. The standard InChI is InChI=1S/C16H22N2O2S/c1-21-11-7-3-6-10-18-14(19)12-17-16(20)15(18)13-8-4-2-5-9-13/h2,4-5,8-9,15H,3,6-7,10-12H2,1H3,(H,17,20). The van der Waals surface area contributed by atoms with E-state index >= 15 is 0 Å². The van der Waals surface area contributed by atoms with Crippen molar-refractivity contribution in [2.45, 2.75) is 25.3 Å². The second kappa shape index (κ2) is 8.08. The lowest BCUT2D eigenvalue weighted by Gasteiger charge is -2.35. The molecule has 1 saturated heterocycles. The zero-order valence-corrected chi connectivity index (χ0v) is 13.2. The summed E-state index contributed by atoms with van der Waals surface area (Å²) in [4.78, 5) is 26.1. The van der Waals surface area contributed by atoms with Gasteiger partial charge in [0, 0.05) is 6.54 Å². The SMILES string of the molecule is CSCCCCCN1C(=O)CNC(=O)C1c1ccccc1. The number of thioether (sulfide) groups is 1. The molecule has 0 bridgehead atoms.